The molecule has 0 saturated heterocycles. The number of carbonyl (C=O) groups is 1. The fraction of sp³-hybridized carbons (Fsp3) is 0.857. The first-order valence-corrected chi connectivity index (χ1v) is 3.15. The lowest BCUT2D eigenvalue weighted by Gasteiger charge is -2.24. The average Bonchev–Trinajstić information content (AvgIpc) is 1.86. The van der Waals surface area contributed by atoms with Crippen LogP contribution in [0, 0.1) is 11.3 Å². The van der Waals surface area contributed by atoms with Crippen LogP contribution in [0.1, 0.15) is 27.7 Å². The molecule has 0 bridgehead atoms. The van der Waals surface area contributed by atoms with Gasteiger partial charge in [0.05, 0.1) is 0 Å². The fourth-order valence-corrected chi connectivity index (χ4v) is 0.262. The maximum absolute atomic E-state index is 11.0. The Morgan fingerprint density at radius 1 is 1.67 bits per heavy atom. The van der Waals surface area contributed by atoms with Gasteiger partial charge in [0.25, 0.3) is 0 Å². The molecular formula is C7H15NO. The third-order valence-electron chi connectivity index (χ3n) is 2.03. The second kappa shape index (κ2) is 2.38. The molecule has 0 fully saturated rings. The van der Waals surface area contributed by atoms with Crippen molar-refractivity contribution in [1.82, 2.24) is 0 Å². The maximum atomic E-state index is 11.0. The van der Waals surface area contributed by atoms with E-state index in [1.807, 2.05) is 33.4 Å². The molecule has 2 nitrogen and oxygen atoms in total. The SMILES string of the molecule is [2H]NC(=O)C(C)(C)C(C)C. The predicted molar refractivity (Wildman–Crippen MR) is 37.8 cm³/mol. The monoisotopic (exact) mass is 130 g/mol. The Bertz CT molecular complexity index is 132. The molecule has 1 amide bonds. The summed E-state index contributed by atoms with van der Waals surface area (Å²) >= 11 is 0. The number of primary amides is 1. The van der Waals surface area contributed by atoms with Gasteiger partial charge in [-0.1, -0.05) is 27.7 Å². The number of hydrogen-bond acceptors (Lipinski definition) is 1. The van der Waals surface area contributed by atoms with Crippen LogP contribution in [-0.2, 0) is 4.79 Å². The molecule has 0 aromatic heterocycles. The Morgan fingerprint density at radius 2 is 2.11 bits per heavy atom. The van der Waals surface area contributed by atoms with Crippen LogP contribution in [-0.4, -0.2) is 5.91 Å². The minimum absolute atomic E-state index is 0.220. The van der Waals surface area contributed by atoms with E-state index in [2.05, 4.69) is 0 Å². The molecule has 0 aliphatic rings. The van der Waals surface area contributed by atoms with Crippen LogP contribution in [0.2, 0.25) is 1.41 Å². The average molecular weight is 130 g/mol. The second-order valence-corrected chi connectivity index (χ2v) is 3.21. The van der Waals surface area contributed by atoms with E-state index in [1.165, 1.54) is 0 Å². The highest BCUT2D eigenvalue weighted by atomic mass is 16.1. The van der Waals surface area contributed by atoms with Crippen molar-refractivity contribution in [2.24, 2.45) is 17.1 Å². The van der Waals surface area contributed by atoms with Gasteiger partial charge < -0.3 is 5.73 Å². The zero-order valence-corrected chi connectivity index (χ0v) is 6.49. The Kier molecular flexibility index (Phi) is 1.74. The van der Waals surface area contributed by atoms with Gasteiger partial charge in [0.15, 0.2) is 1.41 Å². The Morgan fingerprint density at radius 3 is 2.22 bits per heavy atom. The Hall–Kier alpha value is -0.530. The second-order valence-electron chi connectivity index (χ2n) is 3.21. The Labute approximate surface area is 57.9 Å². The normalized spacial score (nSPS) is 13.2. The van der Waals surface area contributed by atoms with Crippen LogP contribution in [0.5, 0.6) is 0 Å². The molecule has 0 atom stereocenters. The first kappa shape index (κ1) is 6.59. The topological polar surface area (TPSA) is 43.1 Å². The lowest BCUT2D eigenvalue weighted by Crippen LogP contribution is -2.35. The molecule has 9 heavy (non-hydrogen) atoms. The lowest BCUT2D eigenvalue weighted by molar-refractivity contribution is -0.128. The van der Waals surface area contributed by atoms with Gasteiger partial charge in [0, 0.05) is 5.41 Å². The number of hydrogen-bond donors (Lipinski definition) is 1. The molecule has 2 N–H and O–H groups in total. The highest BCUT2D eigenvalue weighted by Crippen LogP contribution is 2.24. The smallest absolute Gasteiger partial charge is 0.223 e. The summed E-state index contributed by atoms with van der Waals surface area (Å²) in [5, 5.41) is 0. The summed E-state index contributed by atoms with van der Waals surface area (Å²) in [6, 6.07) is 0. The van der Waals surface area contributed by atoms with Gasteiger partial charge in [-0.25, -0.2) is 0 Å². The highest BCUT2D eigenvalue weighted by molar-refractivity contribution is 5.80. The summed E-state index contributed by atoms with van der Waals surface area (Å²) in [5.41, 5.74) is 1.47. The third-order valence-corrected chi connectivity index (χ3v) is 2.03. The van der Waals surface area contributed by atoms with Crippen molar-refractivity contribution in [1.29, 1.82) is 0 Å². The number of amides is 1. The van der Waals surface area contributed by atoms with E-state index in [-0.39, 0.29) is 11.8 Å². The first-order valence-electron chi connectivity index (χ1n) is 3.65. The maximum Gasteiger partial charge on any atom is 0.223 e. The largest absolute Gasteiger partial charge is 0.369 e. The van der Waals surface area contributed by atoms with E-state index in [1.54, 1.807) is 0 Å². The molecule has 0 unspecified atom stereocenters. The molecule has 0 saturated carbocycles. The number of carbonyl (C=O) groups excluding carboxylic acids is 1. The van der Waals surface area contributed by atoms with Gasteiger partial charge in [-0.2, -0.15) is 0 Å². The molecule has 0 aliphatic heterocycles. The number of nitrogens with two attached hydrogens (primary N) is 1. The minimum Gasteiger partial charge on any atom is -0.369 e. The van der Waals surface area contributed by atoms with Gasteiger partial charge >= 0.3 is 0 Å². The summed E-state index contributed by atoms with van der Waals surface area (Å²) in [5.74, 6) is 0.0420. The predicted octanol–water partition coefficient (Wildman–Crippen LogP) is 1.15. The minimum atomic E-state index is -0.429. The van der Waals surface area contributed by atoms with E-state index >= 15 is 0 Å². The van der Waals surface area contributed by atoms with Crippen molar-refractivity contribution in [3.63, 3.8) is 0 Å². The van der Waals surface area contributed by atoms with Crippen molar-refractivity contribution < 1.29 is 6.21 Å². The first-order chi connectivity index (χ1) is 4.42. The van der Waals surface area contributed by atoms with E-state index in [0.717, 1.165) is 0 Å². The highest BCUT2D eigenvalue weighted by Gasteiger charge is 2.28. The molecule has 0 radical (unpaired) electrons. The molecule has 0 aromatic rings. The molecular weight excluding hydrogens is 114 g/mol. The Balaban J connectivity index is 4.24. The summed E-state index contributed by atoms with van der Waals surface area (Å²) in [6.07, 6.45) is 0. The van der Waals surface area contributed by atoms with Gasteiger partial charge in [-0.15, -0.1) is 0 Å². The van der Waals surface area contributed by atoms with Crippen molar-refractivity contribution in [3.8, 4) is 0 Å². The van der Waals surface area contributed by atoms with Crippen LogP contribution >= 0.6 is 0 Å². The fourth-order valence-electron chi connectivity index (χ4n) is 0.262. The van der Waals surface area contributed by atoms with Gasteiger partial charge in [-0.3, -0.25) is 4.79 Å². The van der Waals surface area contributed by atoms with Gasteiger partial charge in [0.2, 0.25) is 5.91 Å². The van der Waals surface area contributed by atoms with Crippen LogP contribution in [0.4, 0.5) is 0 Å². The van der Waals surface area contributed by atoms with Crippen LogP contribution in [0.3, 0.4) is 0 Å². The zero-order chi connectivity index (χ0) is 8.36. The molecule has 0 aromatic carbocycles. The molecule has 0 aliphatic carbocycles. The van der Waals surface area contributed by atoms with Crippen molar-refractivity contribution >= 4 is 5.91 Å². The molecule has 2 heteroatoms. The quantitative estimate of drug-likeness (QED) is 0.598. The van der Waals surface area contributed by atoms with E-state index in [9.17, 15) is 4.79 Å². The van der Waals surface area contributed by atoms with Crippen LogP contribution in [0.25, 0.3) is 0 Å². The summed E-state index contributed by atoms with van der Waals surface area (Å²) in [7, 11) is 0. The molecule has 0 heterocycles. The van der Waals surface area contributed by atoms with E-state index in [0.29, 0.717) is 0 Å². The van der Waals surface area contributed by atoms with Crippen LogP contribution < -0.4 is 5.73 Å². The molecule has 54 valence electrons. The zero-order valence-electron chi connectivity index (χ0n) is 7.49. The number of rotatable bonds is 2. The van der Waals surface area contributed by atoms with Gasteiger partial charge in [-0.05, 0) is 5.92 Å². The van der Waals surface area contributed by atoms with Crippen molar-refractivity contribution in [2.75, 3.05) is 0 Å². The van der Waals surface area contributed by atoms with Crippen molar-refractivity contribution in [3.05, 3.63) is 0 Å². The molecule has 0 spiro atoms. The summed E-state index contributed by atoms with van der Waals surface area (Å²) in [4.78, 5) is 11.0. The van der Waals surface area contributed by atoms with Gasteiger partial charge in [0.1, 0.15) is 0 Å². The lowest BCUT2D eigenvalue weighted by atomic mass is 9.81. The van der Waals surface area contributed by atoms with E-state index < -0.39 is 5.41 Å². The van der Waals surface area contributed by atoms with Crippen LogP contribution in [0.15, 0.2) is 0 Å². The summed E-state index contributed by atoms with van der Waals surface area (Å²) < 4.78 is 6.66. The summed E-state index contributed by atoms with van der Waals surface area (Å²) in [6.45, 7) is 7.60. The standard InChI is InChI=1S/C7H15NO/c1-5(2)7(3,4)6(8)9/h5H,1-4H3,(H2,8,9)/i/hD. The molecule has 0 rings (SSSR count). The van der Waals surface area contributed by atoms with Crippen molar-refractivity contribution in [2.45, 2.75) is 27.7 Å². The third kappa shape index (κ3) is 1.70. The van der Waals surface area contributed by atoms with E-state index in [4.69, 9.17) is 1.41 Å².